The average molecular weight is 665 g/mol. The SMILES string of the molecule is Cc1ccccc1C(=O)OCCNC(=O)Oc1ccc(C(=O)NS(=O)(=O)c2ccc(CCNC(=O)c3ccc(Cl)cc3)cc2)cn1. The molecule has 3 N–H and O–H groups in total. The molecule has 0 unspecified atom stereocenters. The van der Waals surface area contributed by atoms with E-state index in [1.165, 1.54) is 24.3 Å². The van der Waals surface area contributed by atoms with Gasteiger partial charge in [-0.1, -0.05) is 41.9 Å². The van der Waals surface area contributed by atoms with Gasteiger partial charge in [-0.05, 0) is 73.0 Å². The van der Waals surface area contributed by atoms with E-state index in [2.05, 4.69) is 15.6 Å². The zero-order valence-electron chi connectivity index (χ0n) is 24.5. The van der Waals surface area contributed by atoms with E-state index in [4.69, 9.17) is 21.1 Å². The number of ether oxygens (including phenoxy) is 2. The van der Waals surface area contributed by atoms with E-state index < -0.39 is 28.0 Å². The van der Waals surface area contributed by atoms with Gasteiger partial charge in [-0.2, -0.15) is 0 Å². The second-order valence-electron chi connectivity index (χ2n) is 9.74. The number of aromatic nitrogens is 1. The van der Waals surface area contributed by atoms with Crippen LogP contribution in [-0.4, -0.2) is 57.0 Å². The predicted molar refractivity (Wildman–Crippen MR) is 168 cm³/mol. The maximum atomic E-state index is 12.8. The summed E-state index contributed by atoms with van der Waals surface area (Å²) in [4.78, 5) is 52.7. The lowest BCUT2D eigenvalue weighted by Crippen LogP contribution is -2.31. The third kappa shape index (κ3) is 9.61. The zero-order valence-corrected chi connectivity index (χ0v) is 26.1. The van der Waals surface area contributed by atoms with Crippen molar-refractivity contribution in [3.8, 4) is 5.88 Å². The van der Waals surface area contributed by atoms with E-state index >= 15 is 0 Å². The molecule has 0 saturated heterocycles. The molecule has 0 fully saturated rings. The third-order valence-corrected chi connectivity index (χ3v) is 8.03. The van der Waals surface area contributed by atoms with Crippen LogP contribution in [0.3, 0.4) is 0 Å². The standard InChI is InChI=1S/C32H29ClN4O8S/c1-21-4-2-3-5-27(21)31(40)44-19-18-35-32(41)45-28-15-10-24(20-36-28)30(39)37-46(42,43)26-13-6-22(7-14-26)16-17-34-29(38)23-8-11-25(33)12-9-23/h2-15,20H,16-19H2,1H3,(H,34,38)(H,35,41)(H,37,39). The minimum atomic E-state index is -4.21. The Morgan fingerprint density at radius 3 is 2.17 bits per heavy atom. The highest BCUT2D eigenvalue weighted by atomic mass is 35.5. The largest absolute Gasteiger partial charge is 0.460 e. The highest BCUT2D eigenvalue weighted by Crippen LogP contribution is 2.14. The number of benzene rings is 3. The van der Waals surface area contributed by atoms with Crippen LogP contribution in [0.4, 0.5) is 4.79 Å². The number of carbonyl (C=O) groups is 4. The summed E-state index contributed by atoms with van der Waals surface area (Å²) in [7, 11) is -4.21. The molecule has 238 valence electrons. The van der Waals surface area contributed by atoms with Gasteiger partial charge in [-0.15, -0.1) is 0 Å². The third-order valence-electron chi connectivity index (χ3n) is 6.43. The van der Waals surface area contributed by atoms with Gasteiger partial charge in [0.25, 0.3) is 21.8 Å². The van der Waals surface area contributed by atoms with E-state index in [1.807, 2.05) is 4.72 Å². The van der Waals surface area contributed by atoms with Crippen LogP contribution in [-0.2, 0) is 21.2 Å². The van der Waals surface area contributed by atoms with Crippen LogP contribution in [0, 0.1) is 6.92 Å². The lowest BCUT2D eigenvalue weighted by atomic mass is 10.1. The van der Waals surface area contributed by atoms with Gasteiger partial charge in [0.2, 0.25) is 5.88 Å². The molecule has 14 heteroatoms. The van der Waals surface area contributed by atoms with Crippen LogP contribution >= 0.6 is 11.6 Å². The van der Waals surface area contributed by atoms with Gasteiger partial charge in [0.05, 0.1) is 22.6 Å². The number of hydrogen-bond acceptors (Lipinski definition) is 9. The van der Waals surface area contributed by atoms with Crippen LogP contribution < -0.4 is 20.1 Å². The van der Waals surface area contributed by atoms with E-state index in [0.717, 1.165) is 17.3 Å². The van der Waals surface area contributed by atoms with Crippen LogP contribution in [0.5, 0.6) is 5.88 Å². The lowest BCUT2D eigenvalue weighted by molar-refractivity contribution is 0.0506. The van der Waals surface area contributed by atoms with Gasteiger partial charge in [0, 0.05) is 29.4 Å². The summed E-state index contributed by atoms with van der Waals surface area (Å²) in [5.41, 5.74) is 2.34. The number of aryl methyl sites for hydroxylation is 1. The molecular weight excluding hydrogens is 636 g/mol. The van der Waals surface area contributed by atoms with E-state index in [1.54, 1.807) is 67.6 Å². The first-order valence-corrected chi connectivity index (χ1v) is 15.7. The number of pyridine rings is 1. The number of hydrogen-bond donors (Lipinski definition) is 3. The van der Waals surface area contributed by atoms with E-state index in [9.17, 15) is 27.6 Å². The molecule has 3 amide bonds. The first-order chi connectivity index (χ1) is 22.0. The summed E-state index contributed by atoms with van der Waals surface area (Å²) in [6.45, 7) is 2.00. The molecule has 0 aliphatic rings. The maximum Gasteiger partial charge on any atom is 0.414 e. The molecule has 0 atom stereocenters. The van der Waals surface area contributed by atoms with Gasteiger partial charge in [0.15, 0.2) is 0 Å². The van der Waals surface area contributed by atoms with Crippen LogP contribution in [0.1, 0.15) is 42.2 Å². The Kier molecular flexibility index (Phi) is 11.4. The Bertz CT molecular complexity index is 1810. The van der Waals surface area contributed by atoms with Crippen molar-refractivity contribution in [1.29, 1.82) is 0 Å². The van der Waals surface area contributed by atoms with Gasteiger partial charge < -0.3 is 20.1 Å². The molecule has 0 spiro atoms. The molecule has 1 heterocycles. The molecule has 4 aromatic rings. The lowest BCUT2D eigenvalue weighted by Gasteiger charge is -2.10. The van der Waals surface area contributed by atoms with Crippen LogP contribution in [0.25, 0.3) is 0 Å². The van der Waals surface area contributed by atoms with Crippen molar-refractivity contribution in [1.82, 2.24) is 20.3 Å². The number of nitrogens with one attached hydrogen (secondary N) is 3. The van der Waals surface area contributed by atoms with Gasteiger partial charge in [-0.25, -0.2) is 27.7 Å². The molecule has 0 aliphatic carbocycles. The number of rotatable bonds is 12. The quantitative estimate of drug-likeness (QED) is 0.149. The molecule has 0 aliphatic heterocycles. The summed E-state index contributed by atoms with van der Waals surface area (Å²) in [5.74, 6) is -1.86. The predicted octanol–water partition coefficient (Wildman–Crippen LogP) is 4.08. The van der Waals surface area contributed by atoms with Crippen molar-refractivity contribution in [2.24, 2.45) is 0 Å². The van der Waals surface area contributed by atoms with Crippen molar-refractivity contribution in [3.63, 3.8) is 0 Å². The molecule has 0 bridgehead atoms. The van der Waals surface area contributed by atoms with Crippen LogP contribution in [0.2, 0.25) is 5.02 Å². The zero-order chi connectivity index (χ0) is 33.1. The number of carbonyl (C=O) groups excluding carboxylic acids is 4. The molecule has 12 nitrogen and oxygen atoms in total. The molecular formula is C32H29ClN4O8S. The molecule has 0 radical (unpaired) electrons. The summed E-state index contributed by atoms with van der Waals surface area (Å²) >= 11 is 5.84. The Labute approximate surface area is 270 Å². The van der Waals surface area contributed by atoms with Gasteiger partial charge >= 0.3 is 12.1 Å². The topological polar surface area (TPSA) is 170 Å². The first-order valence-electron chi connectivity index (χ1n) is 13.9. The maximum absolute atomic E-state index is 12.8. The Balaban J connectivity index is 1.20. The number of amides is 3. The fourth-order valence-electron chi connectivity index (χ4n) is 3.98. The van der Waals surface area contributed by atoms with Crippen molar-refractivity contribution in [2.75, 3.05) is 19.7 Å². The molecule has 1 aromatic heterocycles. The minimum absolute atomic E-state index is 0.0172. The van der Waals surface area contributed by atoms with Gasteiger partial charge in [0.1, 0.15) is 6.61 Å². The minimum Gasteiger partial charge on any atom is -0.460 e. The Hall–Kier alpha value is -5.27. The summed E-state index contributed by atoms with van der Waals surface area (Å²) < 4.78 is 37.7. The number of halogens is 1. The normalized spacial score (nSPS) is 10.8. The van der Waals surface area contributed by atoms with Crippen molar-refractivity contribution >= 4 is 45.5 Å². The number of sulfonamides is 1. The summed E-state index contributed by atoms with van der Waals surface area (Å²) in [5, 5.41) is 5.72. The van der Waals surface area contributed by atoms with Crippen molar-refractivity contribution in [2.45, 2.75) is 18.2 Å². The molecule has 46 heavy (non-hydrogen) atoms. The summed E-state index contributed by atoms with van der Waals surface area (Å²) in [6.07, 6.45) is 0.636. The van der Waals surface area contributed by atoms with Crippen molar-refractivity contribution < 1.29 is 37.1 Å². The number of esters is 1. The number of nitrogens with zero attached hydrogens (tertiary/aromatic N) is 1. The Morgan fingerprint density at radius 2 is 1.50 bits per heavy atom. The summed E-state index contributed by atoms with van der Waals surface area (Å²) in [6, 6.07) is 21.7. The van der Waals surface area contributed by atoms with Crippen molar-refractivity contribution in [3.05, 3.63) is 124 Å². The fourth-order valence-corrected chi connectivity index (χ4v) is 5.08. The van der Waals surface area contributed by atoms with E-state index in [-0.39, 0.29) is 35.4 Å². The average Bonchev–Trinajstić information content (AvgIpc) is 3.04. The second kappa shape index (κ2) is 15.6. The van der Waals surface area contributed by atoms with E-state index in [0.29, 0.717) is 29.1 Å². The molecule has 4 rings (SSSR count). The first kappa shape index (κ1) is 33.6. The second-order valence-corrected chi connectivity index (χ2v) is 11.9. The highest BCUT2D eigenvalue weighted by molar-refractivity contribution is 7.90. The monoisotopic (exact) mass is 664 g/mol. The van der Waals surface area contributed by atoms with Crippen LogP contribution in [0.15, 0.2) is 96.0 Å². The molecule has 3 aromatic carbocycles. The molecule has 0 saturated carbocycles. The smallest absolute Gasteiger partial charge is 0.414 e. The fraction of sp³-hybridized carbons (Fsp3) is 0.156. The highest BCUT2D eigenvalue weighted by Gasteiger charge is 2.19. The van der Waals surface area contributed by atoms with Gasteiger partial charge in [-0.3, -0.25) is 9.59 Å². The Morgan fingerprint density at radius 1 is 0.804 bits per heavy atom.